The summed E-state index contributed by atoms with van der Waals surface area (Å²) in [7, 11) is 0. The zero-order valence-electron chi connectivity index (χ0n) is 12.2. The molecule has 1 aliphatic heterocycles. The van der Waals surface area contributed by atoms with Crippen molar-refractivity contribution in [1.29, 1.82) is 0 Å². The van der Waals surface area contributed by atoms with Gasteiger partial charge in [0.15, 0.2) is 5.82 Å². The van der Waals surface area contributed by atoms with Gasteiger partial charge in [0.25, 0.3) is 0 Å². The first-order chi connectivity index (χ1) is 10.1. The molecule has 8 heteroatoms. The van der Waals surface area contributed by atoms with Crippen molar-refractivity contribution in [2.24, 2.45) is 0 Å². The standard InChI is InChI=1S/C13H19N5O3/c1-3-14-9-5-11(16-10(15-9)8-21-4-2)18-6-12(19)17-13(20)7-18/h5H,3-4,6-8H2,1-2H3,(H,14,15,16)(H,17,19,20). The zero-order chi connectivity index (χ0) is 15.2. The fraction of sp³-hybridized carbons (Fsp3) is 0.538. The maximum absolute atomic E-state index is 11.5. The number of nitrogens with zero attached hydrogens (tertiary/aromatic N) is 3. The summed E-state index contributed by atoms with van der Waals surface area (Å²) in [6, 6.07) is 1.73. The van der Waals surface area contributed by atoms with Crippen molar-refractivity contribution < 1.29 is 14.3 Å². The Morgan fingerprint density at radius 3 is 2.62 bits per heavy atom. The molecule has 0 unspecified atom stereocenters. The van der Waals surface area contributed by atoms with Crippen LogP contribution in [0, 0.1) is 0 Å². The van der Waals surface area contributed by atoms with E-state index in [-0.39, 0.29) is 31.5 Å². The number of rotatable bonds is 6. The Labute approximate surface area is 122 Å². The van der Waals surface area contributed by atoms with Crippen molar-refractivity contribution in [3.05, 3.63) is 11.9 Å². The average Bonchev–Trinajstić information content (AvgIpc) is 2.44. The molecular formula is C13H19N5O3. The largest absolute Gasteiger partial charge is 0.374 e. The molecule has 0 bridgehead atoms. The van der Waals surface area contributed by atoms with Crippen LogP contribution in [0.3, 0.4) is 0 Å². The third kappa shape index (κ3) is 4.12. The highest BCUT2D eigenvalue weighted by atomic mass is 16.5. The molecule has 8 nitrogen and oxygen atoms in total. The second-order valence-electron chi connectivity index (χ2n) is 4.52. The minimum atomic E-state index is -0.332. The summed E-state index contributed by atoms with van der Waals surface area (Å²) < 4.78 is 5.32. The molecule has 0 atom stereocenters. The first kappa shape index (κ1) is 15.2. The van der Waals surface area contributed by atoms with Crippen molar-refractivity contribution in [2.75, 3.05) is 36.5 Å². The van der Waals surface area contributed by atoms with Gasteiger partial charge in [0, 0.05) is 19.2 Å². The third-order valence-electron chi connectivity index (χ3n) is 2.82. The van der Waals surface area contributed by atoms with E-state index in [9.17, 15) is 9.59 Å². The Morgan fingerprint density at radius 1 is 1.29 bits per heavy atom. The Balaban J connectivity index is 2.25. The van der Waals surface area contributed by atoms with Gasteiger partial charge in [-0.2, -0.15) is 0 Å². The summed E-state index contributed by atoms with van der Waals surface area (Å²) in [6.07, 6.45) is 0. The number of hydrogen-bond acceptors (Lipinski definition) is 7. The number of imide groups is 1. The molecule has 2 rings (SSSR count). The lowest BCUT2D eigenvalue weighted by atomic mass is 10.3. The number of carbonyl (C=O) groups excluding carboxylic acids is 2. The summed E-state index contributed by atoms with van der Waals surface area (Å²) >= 11 is 0. The van der Waals surface area contributed by atoms with Gasteiger partial charge in [-0.15, -0.1) is 0 Å². The van der Waals surface area contributed by atoms with Crippen molar-refractivity contribution in [2.45, 2.75) is 20.5 Å². The molecule has 1 fully saturated rings. The van der Waals surface area contributed by atoms with Crippen LogP contribution >= 0.6 is 0 Å². The molecule has 1 aromatic heterocycles. The highest BCUT2D eigenvalue weighted by Gasteiger charge is 2.24. The van der Waals surface area contributed by atoms with E-state index in [2.05, 4.69) is 20.6 Å². The zero-order valence-corrected chi connectivity index (χ0v) is 12.2. The average molecular weight is 293 g/mol. The summed E-state index contributed by atoms with van der Waals surface area (Å²) in [6.45, 7) is 5.62. The second kappa shape index (κ2) is 6.98. The van der Waals surface area contributed by atoms with E-state index < -0.39 is 0 Å². The molecular weight excluding hydrogens is 274 g/mol. The fourth-order valence-corrected chi connectivity index (χ4v) is 1.97. The topological polar surface area (TPSA) is 96.5 Å². The Bertz CT molecular complexity index is 519. The van der Waals surface area contributed by atoms with Gasteiger partial charge in [0.2, 0.25) is 11.8 Å². The van der Waals surface area contributed by atoms with Crippen LogP contribution in [0.4, 0.5) is 11.6 Å². The molecule has 0 saturated carbocycles. The molecule has 0 radical (unpaired) electrons. The van der Waals surface area contributed by atoms with Gasteiger partial charge in [-0.25, -0.2) is 9.97 Å². The Kier molecular flexibility index (Phi) is 5.04. The first-order valence-corrected chi connectivity index (χ1v) is 6.89. The van der Waals surface area contributed by atoms with Crippen LogP contribution in [0.1, 0.15) is 19.7 Å². The van der Waals surface area contributed by atoms with Crippen LogP contribution in [-0.4, -0.2) is 48.0 Å². The number of anilines is 2. The fourth-order valence-electron chi connectivity index (χ4n) is 1.97. The molecule has 2 N–H and O–H groups in total. The Hall–Kier alpha value is -2.22. The van der Waals surface area contributed by atoms with E-state index in [1.807, 2.05) is 13.8 Å². The predicted octanol–water partition coefficient (Wildman–Crippen LogP) is -0.0923. The normalized spacial score (nSPS) is 15.0. The van der Waals surface area contributed by atoms with E-state index >= 15 is 0 Å². The second-order valence-corrected chi connectivity index (χ2v) is 4.52. The molecule has 1 aliphatic rings. The van der Waals surface area contributed by atoms with Crippen molar-refractivity contribution >= 4 is 23.5 Å². The van der Waals surface area contributed by atoms with Gasteiger partial charge in [-0.05, 0) is 13.8 Å². The molecule has 0 spiro atoms. The lowest BCUT2D eigenvalue weighted by molar-refractivity contribution is -0.130. The van der Waals surface area contributed by atoms with E-state index in [4.69, 9.17) is 4.74 Å². The predicted molar refractivity (Wildman–Crippen MR) is 76.9 cm³/mol. The number of aromatic nitrogens is 2. The minimum absolute atomic E-state index is 0.0996. The lowest BCUT2D eigenvalue weighted by Crippen LogP contribution is -2.51. The quantitative estimate of drug-likeness (QED) is 0.707. The van der Waals surface area contributed by atoms with Gasteiger partial charge >= 0.3 is 0 Å². The van der Waals surface area contributed by atoms with Crippen LogP contribution in [0.15, 0.2) is 6.07 Å². The maximum atomic E-state index is 11.5. The summed E-state index contributed by atoms with van der Waals surface area (Å²) in [5.41, 5.74) is 0. The summed E-state index contributed by atoms with van der Waals surface area (Å²) in [5.74, 6) is 1.04. The van der Waals surface area contributed by atoms with Crippen LogP contribution in [0.2, 0.25) is 0 Å². The van der Waals surface area contributed by atoms with E-state index in [1.165, 1.54) is 0 Å². The SMILES string of the molecule is CCNc1cc(N2CC(=O)NC(=O)C2)nc(COCC)n1. The van der Waals surface area contributed by atoms with E-state index in [1.54, 1.807) is 11.0 Å². The monoisotopic (exact) mass is 293 g/mol. The summed E-state index contributed by atoms with van der Waals surface area (Å²) in [4.78, 5) is 33.3. The highest BCUT2D eigenvalue weighted by Crippen LogP contribution is 2.17. The van der Waals surface area contributed by atoms with Gasteiger partial charge in [-0.1, -0.05) is 0 Å². The third-order valence-corrected chi connectivity index (χ3v) is 2.82. The van der Waals surface area contributed by atoms with Crippen molar-refractivity contribution in [1.82, 2.24) is 15.3 Å². The number of carbonyl (C=O) groups is 2. The minimum Gasteiger partial charge on any atom is -0.374 e. The highest BCUT2D eigenvalue weighted by molar-refractivity contribution is 6.02. The van der Waals surface area contributed by atoms with Gasteiger partial charge in [0.05, 0.1) is 13.1 Å². The van der Waals surface area contributed by atoms with Gasteiger partial charge in [0.1, 0.15) is 18.2 Å². The number of ether oxygens (including phenoxy) is 1. The molecule has 1 saturated heterocycles. The Morgan fingerprint density at radius 2 is 2.00 bits per heavy atom. The molecule has 2 amide bonds. The molecule has 2 heterocycles. The smallest absolute Gasteiger partial charge is 0.246 e. The lowest BCUT2D eigenvalue weighted by Gasteiger charge is -2.26. The van der Waals surface area contributed by atoms with Crippen LogP contribution in [0.25, 0.3) is 0 Å². The number of nitrogens with one attached hydrogen (secondary N) is 2. The van der Waals surface area contributed by atoms with E-state index in [0.29, 0.717) is 30.6 Å². The first-order valence-electron chi connectivity index (χ1n) is 6.89. The van der Waals surface area contributed by atoms with Crippen LogP contribution in [0.5, 0.6) is 0 Å². The van der Waals surface area contributed by atoms with Crippen molar-refractivity contribution in [3.63, 3.8) is 0 Å². The molecule has 21 heavy (non-hydrogen) atoms. The van der Waals surface area contributed by atoms with Gasteiger partial charge in [-0.3, -0.25) is 14.9 Å². The molecule has 0 aliphatic carbocycles. The number of hydrogen-bond donors (Lipinski definition) is 2. The van der Waals surface area contributed by atoms with Crippen molar-refractivity contribution in [3.8, 4) is 0 Å². The molecule has 1 aromatic rings. The molecule has 114 valence electrons. The van der Waals surface area contributed by atoms with E-state index in [0.717, 1.165) is 0 Å². The van der Waals surface area contributed by atoms with Crippen LogP contribution < -0.4 is 15.5 Å². The number of amides is 2. The molecule has 0 aromatic carbocycles. The summed E-state index contributed by atoms with van der Waals surface area (Å²) in [5, 5.41) is 5.37. The van der Waals surface area contributed by atoms with Gasteiger partial charge < -0.3 is 15.0 Å². The number of piperazine rings is 1. The maximum Gasteiger partial charge on any atom is 0.246 e. The van der Waals surface area contributed by atoms with Crippen LogP contribution in [-0.2, 0) is 20.9 Å².